The fourth-order valence-corrected chi connectivity index (χ4v) is 2.62. The van der Waals surface area contributed by atoms with Crippen LogP contribution in [0, 0.1) is 0 Å². The molecule has 0 amide bonds. The predicted molar refractivity (Wildman–Crippen MR) is 110 cm³/mol. The van der Waals surface area contributed by atoms with Crippen molar-refractivity contribution in [3.63, 3.8) is 0 Å². The molecule has 0 saturated heterocycles. The van der Waals surface area contributed by atoms with Crippen LogP contribution in [-0.4, -0.2) is 41.8 Å². The summed E-state index contributed by atoms with van der Waals surface area (Å²) in [6, 6.07) is 3.73. The Morgan fingerprint density at radius 3 is 2.06 bits per heavy atom. The minimum Gasteiger partial charge on any atom is -0.475 e. The SMILES string of the molecule is Cn1cccc1/C=c1\[nH]c(=O)/c(=C/c2nc[nH]c2C(C)(C)C)[nH]c1=O.O=C(O)C(F)(F)F. The molecule has 0 aliphatic carbocycles. The lowest BCUT2D eigenvalue weighted by Crippen LogP contribution is -2.46. The molecule has 3 heterocycles. The summed E-state index contributed by atoms with van der Waals surface area (Å²) in [6.45, 7) is 6.13. The summed E-state index contributed by atoms with van der Waals surface area (Å²) in [6.07, 6.45) is 1.59. The van der Waals surface area contributed by atoms with E-state index in [9.17, 15) is 22.8 Å². The van der Waals surface area contributed by atoms with Crippen molar-refractivity contribution in [3.8, 4) is 0 Å². The first-order valence-corrected chi connectivity index (χ1v) is 9.21. The Labute approximate surface area is 179 Å². The van der Waals surface area contributed by atoms with E-state index in [0.29, 0.717) is 5.69 Å². The molecule has 172 valence electrons. The van der Waals surface area contributed by atoms with Gasteiger partial charge in [-0.3, -0.25) is 9.59 Å². The molecular weight excluding hydrogens is 431 g/mol. The van der Waals surface area contributed by atoms with E-state index in [1.807, 2.05) is 50.7 Å². The number of halogens is 3. The van der Waals surface area contributed by atoms with Crippen molar-refractivity contribution in [2.75, 3.05) is 0 Å². The molecule has 0 bridgehead atoms. The van der Waals surface area contributed by atoms with Gasteiger partial charge in [-0.1, -0.05) is 20.8 Å². The maximum atomic E-state index is 12.4. The van der Waals surface area contributed by atoms with Gasteiger partial charge in [-0.2, -0.15) is 13.2 Å². The first-order chi connectivity index (χ1) is 14.7. The van der Waals surface area contributed by atoms with Crippen molar-refractivity contribution in [1.82, 2.24) is 24.5 Å². The summed E-state index contributed by atoms with van der Waals surface area (Å²) in [5.74, 6) is -2.76. The summed E-state index contributed by atoms with van der Waals surface area (Å²) >= 11 is 0. The summed E-state index contributed by atoms with van der Waals surface area (Å²) in [4.78, 5) is 46.2. The van der Waals surface area contributed by atoms with E-state index in [1.54, 1.807) is 18.5 Å². The number of rotatable bonds is 2. The van der Waals surface area contributed by atoms with Crippen LogP contribution in [0.2, 0.25) is 0 Å². The van der Waals surface area contributed by atoms with Crippen molar-refractivity contribution in [2.24, 2.45) is 7.05 Å². The molecule has 0 atom stereocenters. The molecule has 32 heavy (non-hydrogen) atoms. The van der Waals surface area contributed by atoms with Gasteiger partial charge in [0.2, 0.25) is 0 Å². The van der Waals surface area contributed by atoms with Gasteiger partial charge < -0.3 is 24.6 Å². The normalized spacial score (nSPS) is 13.1. The molecule has 0 spiro atoms. The van der Waals surface area contributed by atoms with E-state index in [0.717, 1.165) is 11.4 Å². The first kappa shape index (κ1) is 24.4. The Morgan fingerprint density at radius 2 is 1.62 bits per heavy atom. The fraction of sp³-hybridized carbons (Fsp3) is 0.300. The summed E-state index contributed by atoms with van der Waals surface area (Å²) in [7, 11) is 1.87. The largest absolute Gasteiger partial charge is 0.490 e. The number of hydrogen-bond acceptors (Lipinski definition) is 4. The quantitative estimate of drug-likeness (QED) is 0.453. The van der Waals surface area contributed by atoms with Gasteiger partial charge in [-0.25, -0.2) is 9.78 Å². The molecule has 0 saturated carbocycles. The van der Waals surface area contributed by atoms with E-state index < -0.39 is 12.1 Å². The lowest BCUT2D eigenvalue weighted by Gasteiger charge is -2.16. The van der Waals surface area contributed by atoms with Gasteiger partial charge in [0, 0.05) is 30.0 Å². The van der Waals surface area contributed by atoms with Crippen molar-refractivity contribution in [1.29, 1.82) is 0 Å². The molecule has 3 aromatic heterocycles. The first-order valence-electron chi connectivity index (χ1n) is 9.21. The zero-order valence-corrected chi connectivity index (χ0v) is 17.7. The number of aryl methyl sites for hydroxylation is 1. The maximum absolute atomic E-state index is 12.4. The number of aromatic amines is 3. The minimum atomic E-state index is -5.08. The minimum absolute atomic E-state index is 0.157. The molecule has 0 aliphatic heterocycles. The second-order valence-electron chi connectivity index (χ2n) is 7.78. The van der Waals surface area contributed by atoms with Crippen molar-refractivity contribution in [3.05, 3.63) is 73.1 Å². The number of carboxylic acids is 1. The summed E-state index contributed by atoms with van der Waals surface area (Å²) < 4.78 is 33.6. The van der Waals surface area contributed by atoms with Crippen molar-refractivity contribution < 1.29 is 23.1 Å². The lowest BCUT2D eigenvalue weighted by molar-refractivity contribution is -0.192. The van der Waals surface area contributed by atoms with Gasteiger partial charge in [0.05, 0.1) is 12.0 Å². The number of alkyl halides is 3. The highest BCUT2D eigenvalue weighted by Crippen LogP contribution is 2.22. The maximum Gasteiger partial charge on any atom is 0.490 e. The Kier molecular flexibility index (Phi) is 6.97. The predicted octanol–water partition coefficient (Wildman–Crippen LogP) is 0.713. The third-order valence-electron chi connectivity index (χ3n) is 4.20. The average Bonchev–Trinajstić information content (AvgIpc) is 3.28. The van der Waals surface area contributed by atoms with E-state index in [4.69, 9.17) is 9.90 Å². The van der Waals surface area contributed by atoms with Crippen LogP contribution in [0.5, 0.6) is 0 Å². The number of hydrogen-bond donors (Lipinski definition) is 4. The molecule has 3 rings (SSSR count). The van der Waals surface area contributed by atoms with Crippen LogP contribution >= 0.6 is 0 Å². The highest BCUT2D eigenvalue weighted by atomic mass is 19.4. The molecule has 3 aromatic rings. The number of aromatic nitrogens is 5. The fourth-order valence-electron chi connectivity index (χ4n) is 2.62. The third kappa shape index (κ3) is 6.09. The number of nitrogens with one attached hydrogen (secondary N) is 3. The Morgan fingerprint density at radius 1 is 1.09 bits per heavy atom. The Hall–Kier alpha value is -3.83. The van der Waals surface area contributed by atoms with Crippen LogP contribution in [0.15, 0.2) is 34.2 Å². The number of carboxylic acid groups (broad SMARTS) is 1. The van der Waals surface area contributed by atoms with E-state index in [1.165, 1.54) is 0 Å². The zero-order valence-electron chi connectivity index (χ0n) is 17.7. The number of nitrogens with zero attached hydrogens (tertiary/aromatic N) is 2. The van der Waals surface area contributed by atoms with Crippen LogP contribution < -0.4 is 21.8 Å². The highest BCUT2D eigenvalue weighted by molar-refractivity contribution is 5.73. The van der Waals surface area contributed by atoms with Crippen molar-refractivity contribution in [2.45, 2.75) is 32.4 Å². The monoisotopic (exact) mass is 453 g/mol. The van der Waals surface area contributed by atoms with Crippen LogP contribution in [0.3, 0.4) is 0 Å². The van der Waals surface area contributed by atoms with Crippen LogP contribution in [-0.2, 0) is 17.3 Å². The summed E-state index contributed by atoms with van der Waals surface area (Å²) in [5.41, 5.74) is 1.46. The molecule has 12 heteroatoms. The Bertz CT molecular complexity index is 1340. The molecular formula is C20H22F3N5O4. The smallest absolute Gasteiger partial charge is 0.475 e. The average molecular weight is 453 g/mol. The van der Waals surface area contributed by atoms with Gasteiger partial charge in [-0.05, 0) is 24.3 Å². The zero-order chi connectivity index (χ0) is 24.3. The van der Waals surface area contributed by atoms with Crippen LogP contribution in [0.4, 0.5) is 13.2 Å². The molecule has 0 aromatic carbocycles. The van der Waals surface area contributed by atoms with Gasteiger partial charge in [-0.15, -0.1) is 0 Å². The molecule has 0 unspecified atom stereocenters. The molecule has 0 radical (unpaired) electrons. The topological polar surface area (TPSA) is 137 Å². The van der Waals surface area contributed by atoms with Crippen LogP contribution in [0.1, 0.15) is 37.9 Å². The molecule has 0 aliphatic rings. The third-order valence-corrected chi connectivity index (χ3v) is 4.20. The van der Waals surface area contributed by atoms with E-state index in [-0.39, 0.29) is 27.2 Å². The number of carbonyl (C=O) groups is 1. The van der Waals surface area contributed by atoms with Gasteiger partial charge in [0.1, 0.15) is 10.7 Å². The van der Waals surface area contributed by atoms with Crippen molar-refractivity contribution >= 4 is 18.1 Å². The highest BCUT2D eigenvalue weighted by Gasteiger charge is 2.38. The molecule has 4 N–H and O–H groups in total. The van der Waals surface area contributed by atoms with Crippen LogP contribution in [0.25, 0.3) is 12.2 Å². The number of aliphatic carboxylic acids is 1. The molecule has 0 fully saturated rings. The summed E-state index contributed by atoms with van der Waals surface area (Å²) in [5, 5.41) is 7.51. The number of H-pyrrole nitrogens is 3. The number of imidazole rings is 1. The van der Waals surface area contributed by atoms with Gasteiger partial charge >= 0.3 is 12.1 Å². The van der Waals surface area contributed by atoms with E-state index >= 15 is 0 Å². The second kappa shape index (κ2) is 9.12. The Balaban J connectivity index is 0.000000451. The van der Waals surface area contributed by atoms with Gasteiger partial charge in [0.15, 0.2) is 0 Å². The standard InChI is InChI=1S/C18H21N5O2.C2HF3O2/c1-18(2,3)15-12(19-10-20-15)9-14-17(25)21-13(16(24)22-14)8-11-6-5-7-23(11)4;3-2(4,5)1(6)7/h5-10H,1-4H3,(H,19,20)(H,21,25)(H,22,24);(H,6,7)/b13-8-,14-9-;. The van der Waals surface area contributed by atoms with E-state index in [2.05, 4.69) is 19.9 Å². The lowest BCUT2D eigenvalue weighted by atomic mass is 9.90. The van der Waals surface area contributed by atoms with Gasteiger partial charge in [0.25, 0.3) is 11.1 Å². The second-order valence-corrected chi connectivity index (χ2v) is 7.78. The molecule has 9 nitrogen and oxygen atoms in total.